The quantitative estimate of drug-likeness (QED) is 0.331. The zero-order valence-corrected chi connectivity index (χ0v) is 22.2. The van der Waals surface area contributed by atoms with E-state index in [9.17, 15) is 20.2 Å². The standard InChI is InChI=1S/C13H17ClN2O3.C12H15ClN2O3/c1-15-6-4-10(5-7-15)9-19-13-8-11(16(17)18)2-3-12(13)14;13-11-2-1-10(15(16)17)7-12(11)18-8-9-3-5-14-6-4-9/h2-3,8,10H,4-7,9H2,1H3;1-2,7,9,14H,3-6,8H2. The maximum atomic E-state index is 10.7. The summed E-state index contributed by atoms with van der Waals surface area (Å²) in [6.45, 7) is 5.25. The fraction of sp³-hybridized carbons (Fsp3) is 0.520. The third kappa shape index (κ3) is 9.30. The maximum Gasteiger partial charge on any atom is 0.273 e. The minimum atomic E-state index is -0.451. The van der Waals surface area contributed by atoms with Crippen molar-refractivity contribution in [2.75, 3.05) is 46.4 Å². The van der Waals surface area contributed by atoms with Crippen molar-refractivity contribution in [2.45, 2.75) is 25.7 Å². The molecule has 0 aromatic heterocycles. The van der Waals surface area contributed by atoms with E-state index < -0.39 is 9.85 Å². The molecule has 202 valence electrons. The van der Waals surface area contributed by atoms with E-state index in [4.69, 9.17) is 32.7 Å². The first-order valence-corrected chi connectivity index (χ1v) is 13.0. The molecule has 2 aliphatic rings. The minimum Gasteiger partial charge on any atom is -0.491 e. The van der Waals surface area contributed by atoms with E-state index in [1.807, 2.05) is 0 Å². The van der Waals surface area contributed by atoms with Crippen LogP contribution in [0.25, 0.3) is 0 Å². The number of halogens is 2. The average Bonchev–Trinajstić information content (AvgIpc) is 2.89. The van der Waals surface area contributed by atoms with Gasteiger partial charge < -0.3 is 19.7 Å². The van der Waals surface area contributed by atoms with Crippen molar-refractivity contribution in [2.24, 2.45) is 11.8 Å². The number of hydrogen-bond acceptors (Lipinski definition) is 8. The largest absolute Gasteiger partial charge is 0.491 e. The van der Waals surface area contributed by atoms with Crippen LogP contribution in [0.3, 0.4) is 0 Å². The van der Waals surface area contributed by atoms with Crippen LogP contribution in [0.4, 0.5) is 11.4 Å². The van der Waals surface area contributed by atoms with Gasteiger partial charge in [-0.2, -0.15) is 0 Å². The van der Waals surface area contributed by atoms with E-state index in [0.717, 1.165) is 51.9 Å². The number of nitrogens with one attached hydrogen (secondary N) is 1. The summed E-state index contributed by atoms with van der Waals surface area (Å²) in [4.78, 5) is 22.8. The molecule has 2 heterocycles. The molecule has 0 bridgehead atoms. The Morgan fingerprint density at radius 1 is 0.838 bits per heavy atom. The molecule has 0 amide bonds. The van der Waals surface area contributed by atoms with Gasteiger partial charge in [-0.3, -0.25) is 20.2 Å². The fourth-order valence-electron chi connectivity index (χ4n) is 4.12. The molecule has 2 aromatic rings. The van der Waals surface area contributed by atoms with E-state index in [1.165, 1.54) is 36.4 Å². The topological polar surface area (TPSA) is 120 Å². The first-order chi connectivity index (χ1) is 17.7. The van der Waals surface area contributed by atoms with Gasteiger partial charge in [-0.1, -0.05) is 23.2 Å². The Bertz CT molecular complexity index is 1060. The van der Waals surface area contributed by atoms with E-state index in [-0.39, 0.29) is 11.4 Å². The van der Waals surface area contributed by atoms with Gasteiger partial charge in [-0.15, -0.1) is 0 Å². The van der Waals surface area contributed by atoms with Gasteiger partial charge in [0, 0.05) is 12.1 Å². The Hall–Kier alpha value is -2.66. The van der Waals surface area contributed by atoms with Crippen molar-refractivity contribution in [1.82, 2.24) is 10.2 Å². The van der Waals surface area contributed by atoms with Gasteiger partial charge in [0.2, 0.25) is 0 Å². The lowest BCUT2D eigenvalue weighted by molar-refractivity contribution is -0.385. The zero-order chi connectivity index (χ0) is 26.8. The van der Waals surface area contributed by atoms with Crippen molar-refractivity contribution < 1.29 is 19.3 Å². The number of nitro benzene ring substituents is 2. The number of benzene rings is 2. The van der Waals surface area contributed by atoms with E-state index in [0.29, 0.717) is 46.6 Å². The normalized spacial score (nSPS) is 16.9. The zero-order valence-electron chi connectivity index (χ0n) is 20.7. The molecule has 2 saturated heterocycles. The van der Waals surface area contributed by atoms with Crippen LogP contribution >= 0.6 is 23.2 Å². The van der Waals surface area contributed by atoms with Crippen molar-refractivity contribution in [3.05, 3.63) is 66.7 Å². The number of nitrogens with zero attached hydrogens (tertiary/aromatic N) is 3. The maximum absolute atomic E-state index is 10.7. The van der Waals surface area contributed by atoms with Crippen LogP contribution in [-0.4, -0.2) is 61.2 Å². The van der Waals surface area contributed by atoms with Gasteiger partial charge in [0.15, 0.2) is 0 Å². The first-order valence-electron chi connectivity index (χ1n) is 12.3. The number of hydrogen-bond donors (Lipinski definition) is 1. The van der Waals surface area contributed by atoms with Crippen LogP contribution in [0.15, 0.2) is 36.4 Å². The highest BCUT2D eigenvalue weighted by atomic mass is 35.5. The molecule has 10 nitrogen and oxygen atoms in total. The van der Waals surface area contributed by atoms with Crippen LogP contribution in [0.1, 0.15) is 25.7 Å². The number of likely N-dealkylation sites (tertiary alicyclic amines) is 1. The monoisotopic (exact) mass is 554 g/mol. The van der Waals surface area contributed by atoms with Gasteiger partial charge in [0.1, 0.15) is 11.5 Å². The Kier molecular flexibility index (Phi) is 11.2. The number of rotatable bonds is 8. The Morgan fingerprint density at radius 3 is 1.70 bits per heavy atom. The van der Waals surface area contributed by atoms with Crippen LogP contribution in [0, 0.1) is 32.1 Å². The molecular formula is C25H32Cl2N4O6. The van der Waals surface area contributed by atoms with Gasteiger partial charge in [-0.25, -0.2) is 0 Å². The summed E-state index contributed by atoms with van der Waals surface area (Å²) in [5.41, 5.74) is 0.00230. The number of non-ortho nitro benzene ring substituents is 2. The van der Waals surface area contributed by atoms with Crippen molar-refractivity contribution in [3.63, 3.8) is 0 Å². The number of piperidine rings is 2. The summed E-state index contributed by atoms with van der Waals surface area (Å²) in [7, 11) is 2.11. The lowest BCUT2D eigenvalue weighted by atomic mass is 9.98. The lowest BCUT2D eigenvalue weighted by Gasteiger charge is -2.28. The molecule has 37 heavy (non-hydrogen) atoms. The second-order valence-corrected chi connectivity index (χ2v) is 10.1. The highest BCUT2D eigenvalue weighted by molar-refractivity contribution is 6.32. The van der Waals surface area contributed by atoms with E-state index in [2.05, 4.69) is 17.3 Å². The molecule has 0 spiro atoms. The fourth-order valence-corrected chi connectivity index (χ4v) is 4.47. The van der Waals surface area contributed by atoms with Crippen LogP contribution in [-0.2, 0) is 0 Å². The predicted molar refractivity (Wildman–Crippen MR) is 143 cm³/mol. The second kappa shape index (κ2) is 14.3. The van der Waals surface area contributed by atoms with Crippen molar-refractivity contribution >= 4 is 34.6 Å². The summed E-state index contributed by atoms with van der Waals surface area (Å²) >= 11 is 11.9. The summed E-state index contributed by atoms with van der Waals surface area (Å²) in [5, 5.41) is 25.5. The Balaban J connectivity index is 0.000000206. The lowest BCUT2D eigenvalue weighted by Crippen LogP contribution is -2.32. The highest BCUT2D eigenvalue weighted by Gasteiger charge is 2.19. The molecule has 0 unspecified atom stereocenters. The van der Waals surface area contributed by atoms with Gasteiger partial charge in [0.25, 0.3) is 11.4 Å². The van der Waals surface area contributed by atoms with E-state index in [1.54, 1.807) is 0 Å². The summed E-state index contributed by atoms with van der Waals surface area (Å²) in [5.74, 6) is 1.77. The SMILES string of the molecule is CN1CCC(COc2cc([N+](=O)[O-])ccc2Cl)CC1.O=[N+]([O-])c1ccc(Cl)c(OCC2CCNCC2)c1. The van der Waals surface area contributed by atoms with Gasteiger partial charge in [-0.05, 0) is 82.9 Å². The Labute approximate surface area is 226 Å². The van der Waals surface area contributed by atoms with Crippen LogP contribution in [0.2, 0.25) is 10.0 Å². The van der Waals surface area contributed by atoms with Crippen molar-refractivity contribution in [3.8, 4) is 11.5 Å². The highest BCUT2D eigenvalue weighted by Crippen LogP contribution is 2.31. The Morgan fingerprint density at radius 2 is 1.27 bits per heavy atom. The van der Waals surface area contributed by atoms with E-state index >= 15 is 0 Å². The predicted octanol–water partition coefficient (Wildman–Crippen LogP) is 5.60. The number of nitro groups is 2. The molecule has 2 fully saturated rings. The number of ether oxygens (including phenoxy) is 2. The minimum absolute atomic E-state index is 0.000268. The molecule has 0 aliphatic carbocycles. The van der Waals surface area contributed by atoms with Crippen LogP contribution in [0.5, 0.6) is 11.5 Å². The molecule has 2 aromatic carbocycles. The summed E-state index contributed by atoms with van der Waals surface area (Å²) in [6, 6.07) is 8.52. The molecule has 1 N–H and O–H groups in total. The third-order valence-electron chi connectivity index (χ3n) is 6.50. The molecular weight excluding hydrogens is 523 g/mol. The van der Waals surface area contributed by atoms with Gasteiger partial charge in [0.05, 0.1) is 45.2 Å². The first kappa shape index (κ1) is 28.9. The molecule has 12 heteroatoms. The summed E-state index contributed by atoms with van der Waals surface area (Å²) < 4.78 is 11.3. The average molecular weight is 555 g/mol. The molecule has 0 radical (unpaired) electrons. The van der Waals surface area contributed by atoms with Crippen LogP contribution < -0.4 is 14.8 Å². The van der Waals surface area contributed by atoms with Gasteiger partial charge >= 0.3 is 0 Å². The third-order valence-corrected chi connectivity index (χ3v) is 7.12. The molecule has 0 atom stereocenters. The second-order valence-electron chi connectivity index (χ2n) is 9.31. The molecule has 4 rings (SSSR count). The van der Waals surface area contributed by atoms with Crippen molar-refractivity contribution in [1.29, 1.82) is 0 Å². The smallest absolute Gasteiger partial charge is 0.273 e. The summed E-state index contributed by atoms with van der Waals surface area (Å²) in [6.07, 6.45) is 4.30. The molecule has 2 aliphatic heterocycles. The molecule has 0 saturated carbocycles.